The number of aliphatic hydroxyl groups is 1. The molecule has 0 aromatic rings. The first kappa shape index (κ1) is 77.6. The second-order valence-electron chi connectivity index (χ2n) is 25.4. The van der Waals surface area contributed by atoms with Gasteiger partial charge in [-0.25, -0.2) is 0 Å². The lowest BCUT2D eigenvalue weighted by Gasteiger charge is -2.15. The number of allylic oxidation sites excluding steroid dienone is 2. The summed E-state index contributed by atoms with van der Waals surface area (Å²) in [6.45, 7) is 4.22. The minimum Gasteiger partial charge on any atom is -0.462 e. The zero-order valence-corrected chi connectivity index (χ0v) is 54.2. The maximum atomic E-state index is 12.4. The van der Waals surface area contributed by atoms with E-state index in [1.165, 1.54) is 372 Å². The molecular formula is C74H144O5. The van der Waals surface area contributed by atoms with Crippen LogP contribution in [0, 0.1) is 0 Å². The summed E-state index contributed by atoms with van der Waals surface area (Å²) in [6.07, 6.45) is 91.4. The molecule has 5 heteroatoms. The molecule has 1 N–H and O–H groups in total. The van der Waals surface area contributed by atoms with Crippen molar-refractivity contribution in [1.82, 2.24) is 0 Å². The highest BCUT2D eigenvalue weighted by Gasteiger charge is 2.16. The molecule has 0 heterocycles. The SMILES string of the molecule is CCCCCCCCCC/C=C\CCCCCCCCCCCCCCCCCCCC(=O)OC(CO)COC(=O)CCCCCCCCCCCCCCCCCCCCCCCCCCCCCCCCCCCCCC. The van der Waals surface area contributed by atoms with Crippen molar-refractivity contribution in [3.05, 3.63) is 12.2 Å². The maximum Gasteiger partial charge on any atom is 0.306 e. The van der Waals surface area contributed by atoms with Crippen LogP contribution in [0.25, 0.3) is 0 Å². The molecule has 0 amide bonds. The first-order chi connectivity index (χ1) is 39.1. The van der Waals surface area contributed by atoms with Crippen molar-refractivity contribution in [2.75, 3.05) is 13.2 Å². The van der Waals surface area contributed by atoms with Crippen LogP contribution >= 0.6 is 0 Å². The van der Waals surface area contributed by atoms with Crippen molar-refractivity contribution in [2.45, 2.75) is 437 Å². The number of unbranched alkanes of at least 4 members (excludes halogenated alkanes) is 60. The third kappa shape index (κ3) is 69.0. The van der Waals surface area contributed by atoms with Crippen LogP contribution in [0.4, 0.5) is 0 Å². The van der Waals surface area contributed by atoms with Gasteiger partial charge in [0.15, 0.2) is 6.10 Å². The van der Waals surface area contributed by atoms with Crippen molar-refractivity contribution < 1.29 is 24.2 Å². The molecule has 0 aliphatic carbocycles. The summed E-state index contributed by atoms with van der Waals surface area (Å²) in [7, 11) is 0. The molecule has 470 valence electrons. The second-order valence-corrected chi connectivity index (χ2v) is 25.4. The largest absolute Gasteiger partial charge is 0.462 e. The van der Waals surface area contributed by atoms with E-state index in [0.29, 0.717) is 12.8 Å². The summed E-state index contributed by atoms with van der Waals surface area (Å²) < 4.78 is 10.8. The summed E-state index contributed by atoms with van der Waals surface area (Å²) >= 11 is 0. The standard InChI is InChI=1S/C74H144O5/c1-3-5-7-9-11-13-15-17-19-21-23-25-27-29-31-33-34-35-36-37-38-39-41-42-44-46-48-50-52-54-56-58-60-62-64-66-68-73(76)78-71-72(70-75)79-74(77)69-67-65-63-61-59-57-55-53-51-49-47-45-43-40-32-30-28-26-24-22-20-18-16-14-12-10-8-6-4-2/h22,24,72,75H,3-21,23,25-71H2,1-2H3/b24-22-. The van der Waals surface area contributed by atoms with Gasteiger partial charge in [-0.2, -0.15) is 0 Å². The molecule has 0 saturated carbocycles. The Morgan fingerprint density at radius 2 is 0.468 bits per heavy atom. The van der Waals surface area contributed by atoms with Crippen LogP contribution < -0.4 is 0 Å². The summed E-state index contributed by atoms with van der Waals surface area (Å²) in [5.74, 6) is -0.561. The Labute approximate surface area is 496 Å². The fraction of sp³-hybridized carbons (Fsp3) is 0.946. The molecule has 0 fully saturated rings. The van der Waals surface area contributed by atoms with E-state index in [9.17, 15) is 14.7 Å². The van der Waals surface area contributed by atoms with Crippen LogP contribution in [0.15, 0.2) is 12.2 Å². The Morgan fingerprint density at radius 1 is 0.278 bits per heavy atom. The Kier molecular flexibility index (Phi) is 69.7. The number of carbonyl (C=O) groups excluding carboxylic acids is 2. The van der Waals surface area contributed by atoms with Gasteiger partial charge in [0.1, 0.15) is 6.61 Å². The van der Waals surface area contributed by atoms with E-state index in [-0.39, 0.29) is 25.2 Å². The lowest BCUT2D eigenvalue weighted by Crippen LogP contribution is -2.28. The molecule has 0 aromatic heterocycles. The van der Waals surface area contributed by atoms with Crippen molar-refractivity contribution >= 4 is 11.9 Å². The van der Waals surface area contributed by atoms with Crippen LogP contribution in [0.3, 0.4) is 0 Å². The first-order valence-electron chi connectivity index (χ1n) is 36.7. The number of ether oxygens (including phenoxy) is 2. The fourth-order valence-electron chi connectivity index (χ4n) is 11.8. The molecule has 0 aliphatic heterocycles. The molecule has 79 heavy (non-hydrogen) atoms. The van der Waals surface area contributed by atoms with Crippen LogP contribution in [0.5, 0.6) is 0 Å². The van der Waals surface area contributed by atoms with Gasteiger partial charge in [0.25, 0.3) is 0 Å². The number of aliphatic hydroxyl groups excluding tert-OH is 1. The monoisotopic (exact) mass is 1110 g/mol. The molecule has 0 aromatic carbocycles. The van der Waals surface area contributed by atoms with Gasteiger partial charge in [0, 0.05) is 12.8 Å². The maximum absolute atomic E-state index is 12.4. The lowest BCUT2D eigenvalue weighted by atomic mass is 10.0. The smallest absolute Gasteiger partial charge is 0.306 e. The van der Waals surface area contributed by atoms with Crippen LogP contribution in [-0.4, -0.2) is 36.4 Å². The molecule has 0 saturated heterocycles. The first-order valence-corrected chi connectivity index (χ1v) is 36.7. The van der Waals surface area contributed by atoms with E-state index in [2.05, 4.69) is 26.0 Å². The van der Waals surface area contributed by atoms with Gasteiger partial charge in [-0.3, -0.25) is 9.59 Å². The molecule has 1 unspecified atom stereocenters. The molecule has 0 radical (unpaired) electrons. The Balaban J connectivity index is 3.35. The lowest BCUT2D eigenvalue weighted by molar-refractivity contribution is -0.161. The average Bonchev–Trinajstić information content (AvgIpc) is 3.45. The third-order valence-corrected chi connectivity index (χ3v) is 17.3. The molecule has 0 aliphatic rings. The Bertz CT molecular complexity index is 1170. The van der Waals surface area contributed by atoms with Crippen LogP contribution in [0.1, 0.15) is 431 Å². The zero-order valence-electron chi connectivity index (χ0n) is 54.2. The molecule has 1 atom stereocenters. The van der Waals surface area contributed by atoms with E-state index < -0.39 is 6.10 Å². The van der Waals surface area contributed by atoms with Crippen molar-refractivity contribution in [1.29, 1.82) is 0 Å². The van der Waals surface area contributed by atoms with E-state index in [1.54, 1.807) is 0 Å². The number of esters is 2. The van der Waals surface area contributed by atoms with E-state index in [1.807, 2.05) is 0 Å². The Hall–Kier alpha value is -1.36. The van der Waals surface area contributed by atoms with Crippen LogP contribution in [0.2, 0.25) is 0 Å². The molecule has 0 bridgehead atoms. The summed E-state index contributed by atoms with van der Waals surface area (Å²) in [5.41, 5.74) is 0. The van der Waals surface area contributed by atoms with Crippen molar-refractivity contribution in [3.63, 3.8) is 0 Å². The molecular weight excluding hydrogens is 969 g/mol. The van der Waals surface area contributed by atoms with Crippen molar-refractivity contribution in [3.8, 4) is 0 Å². The molecule has 0 spiro atoms. The van der Waals surface area contributed by atoms with Gasteiger partial charge in [0.2, 0.25) is 0 Å². The Morgan fingerprint density at radius 3 is 0.684 bits per heavy atom. The highest BCUT2D eigenvalue weighted by molar-refractivity contribution is 5.70. The highest BCUT2D eigenvalue weighted by Crippen LogP contribution is 2.20. The highest BCUT2D eigenvalue weighted by atomic mass is 16.6. The summed E-state index contributed by atoms with van der Waals surface area (Å²) in [5, 5.41) is 9.71. The number of hydrogen-bond acceptors (Lipinski definition) is 5. The average molecular weight is 1110 g/mol. The minimum absolute atomic E-state index is 0.0569. The normalized spacial score (nSPS) is 12.1. The number of hydrogen-bond donors (Lipinski definition) is 1. The van der Waals surface area contributed by atoms with Gasteiger partial charge in [-0.05, 0) is 38.5 Å². The van der Waals surface area contributed by atoms with Gasteiger partial charge < -0.3 is 14.6 Å². The zero-order chi connectivity index (χ0) is 56.9. The van der Waals surface area contributed by atoms with E-state index in [0.717, 1.165) is 32.1 Å². The minimum atomic E-state index is -0.768. The van der Waals surface area contributed by atoms with E-state index >= 15 is 0 Å². The second kappa shape index (κ2) is 70.9. The quantitative estimate of drug-likeness (QED) is 0.0373. The van der Waals surface area contributed by atoms with E-state index in [4.69, 9.17) is 9.47 Å². The fourth-order valence-corrected chi connectivity index (χ4v) is 11.8. The summed E-state index contributed by atoms with van der Waals surface area (Å²) in [4.78, 5) is 24.7. The number of carbonyl (C=O) groups is 2. The summed E-state index contributed by atoms with van der Waals surface area (Å²) in [6, 6.07) is 0. The van der Waals surface area contributed by atoms with Gasteiger partial charge in [-0.15, -0.1) is 0 Å². The molecule has 0 rings (SSSR count). The van der Waals surface area contributed by atoms with Gasteiger partial charge >= 0.3 is 11.9 Å². The predicted octanol–water partition coefficient (Wildman–Crippen LogP) is 25.4. The van der Waals surface area contributed by atoms with Crippen LogP contribution in [-0.2, 0) is 19.1 Å². The third-order valence-electron chi connectivity index (χ3n) is 17.3. The predicted molar refractivity (Wildman–Crippen MR) is 349 cm³/mol. The van der Waals surface area contributed by atoms with Gasteiger partial charge in [0.05, 0.1) is 6.61 Å². The van der Waals surface area contributed by atoms with Crippen molar-refractivity contribution in [2.24, 2.45) is 0 Å². The molecule has 5 nitrogen and oxygen atoms in total. The van der Waals surface area contributed by atoms with Gasteiger partial charge in [-0.1, -0.05) is 392 Å². The number of rotatable bonds is 70. The topological polar surface area (TPSA) is 72.8 Å².